The molecule has 0 radical (unpaired) electrons. The van der Waals surface area contributed by atoms with E-state index in [1.165, 1.54) is 5.56 Å². The van der Waals surface area contributed by atoms with Gasteiger partial charge >= 0.3 is 0 Å². The number of nitrogens with two attached hydrogens (primary N) is 1. The summed E-state index contributed by atoms with van der Waals surface area (Å²) >= 11 is 6.13. The molecule has 5 heteroatoms. The van der Waals surface area contributed by atoms with E-state index < -0.39 is 0 Å². The molecule has 1 aromatic rings. The molecule has 0 saturated heterocycles. The third kappa shape index (κ3) is 3.14. The summed E-state index contributed by atoms with van der Waals surface area (Å²) in [6, 6.07) is 4.10. The number of methoxy groups -OCH3 is 1. The van der Waals surface area contributed by atoms with E-state index in [1.54, 1.807) is 7.11 Å². The molecule has 0 spiro atoms. The third-order valence-corrected chi connectivity index (χ3v) is 3.42. The summed E-state index contributed by atoms with van der Waals surface area (Å²) < 4.78 is 10.8. The molecule has 100 valence electrons. The number of ether oxygens (including phenoxy) is 2. The Kier molecular flexibility index (Phi) is 4.83. The van der Waals surface area contributed by atoms with Crippen LogP contribution in [-0.2, 0) is 17.6 Å². The highest BCUT2D eigenvalue weighted by molar-refractivity contribution is 6.30. The number of hydrogen-bond donors (Lipinski definition) is 2. The Hall–Kier alpha value is -0.810. The Morgan fingerprint density at radius 2 is 2.39 bits per heavy atom. The fraction of sp³-hybridized carbons (Fsp3) is 0.538. The summed E-state index contributed by atoms with van der Waals surface area (Å²) in [5.41, 5.74) is 5.13. The maximum absolute atomic E-state index is 6.13. The van der Waals surface area contributed by atoms with Gasteiger partial charge in [0, 0.05) is 31.2 Å². The van der Waals surface area contributed by atoms with Crippen molar-refractivity contribution in [2.24, 2.45) is 5.84 Å². The second-order valence-corrected chi connectivity index (χ2v) is 4.94. The fourth-order valence-electron chi connectivity index (χ4n) is 2.27. The molecule has 1 aliphatic rings. The lowest BCUT2D eigenvalue weighted by Gasteiger charge is -2.17. The molecule has 1 unspecified atom stereocenters. The second-order valence-electron chi connectivity index (χ2n) is 4.50. The van der Waals surface area contributed by atoms with Gasteiger partial charge in [0.1, 0.15) is 5.75 Å². The number of nitrogens with one attached hydrogen (secondary N) is 1. The van der Waals surface area contributed by atoms with Gasteiger partial charge in [0.05, 0.1) is 6.61 Å². The van der Waals surface area contributed by atoms with Crippen LogP contribution in [0.25, 0.3) is 0 Å². The van der Waals surface area contributed by atoms with Gasteiger partial charge in [0.15, 0.2) is 0 Å². The highest BCUT2D eigenvalue weighted by Crippen LogP contribution is 2.33. The summed E-state index contributed by atoms with van der Waals surface area (Å²) in [5.74, 6) is 6.55. The first kappa shape index (κ1) is 13.6. The average molecular weight is 271 g/mol. The van der Waals surface area contributed by atoms with E-state index in [1.807, 2.05) is 12.1 Å². The number of benzene rings is 1. The summed E-state index contributed by atoms with van der Waals surface area (Å²) in [6.07, 6.45) is 2.58. The molecule has 18 heavy (non-hydrogen) atoms. The largest absolute Gasteiger partial charge is 0.493 e. The van der Waals surface area contributed by atoms with E-state index in [2.05, 4.69) is 5.43 Å². The number of fused-ring (bicyclic) bond motifs is 1. The minimum absolute atomic E-state index is 0.164. The van der Waals surface area contributed by atoms with Crippen LogP contribution in [0.5, 0.6) is 5.75 Å². The smallest absolute Gasteiger partial charge is 0.125 e. The van der Waals surface area contributed by atoms with Crippen molar-refractivity contribution < 1.29 is 9.47 Å². The van der Waals surface area contributed by atoms with Crippen LogP contribution in [0.1, 0.15) is 17.5 Å². The predicted octanol–water partition coefficient (Wildman–Crippen LogP) is 1.69. The van der Waals surface area contributed by atoms with Gasteiger partial charge in [-0.25, -0.2) is 0 Å². The number of rotatable bonds is 6. The zero-order chi connectivity index (χ0) is 13.0. The van der Waals surface area contributed by atoms with Crippen molar-refractivity contribution in [2.45, 2.75) is 25.3 Å². The van der Waals surface area contributed by atoms with Gasteiger partial charge in [-0.3, -0.25) is 11.3 Å². The first-order valence-corrected chi connectivity index (χ1v) is 6.51. The predicted molar refractivity (Wildman–Crippen MR) is 72.0 cm³/mol. The molecule has 0 aromatic heterocycles. The first-order valence-electron chi connectivity index (χ1n) is 6.13. The molecule has 0 aliphatic carbocycles. The lowest BCUT2D eigenvalue weighted by Crippen LogP contribution is -2.37. The summed E-state index contributed by atoms with van der Waals surface area (Å²) in [4.78, 5) is 0. The Balaban J connectivity index is 2.12. The van der Waals surface area contributed by atoms with Crippen LogP contribution in [0.2, 0.25) is 5.02 Å². The maximum atomic E-state index is 6.13. The molecule has 0 amide bonds. The van der Waals surface area contributed by atoms with E-state index in [0.717, 1.165) is 42.2 Å². The van der Waals surface area contributed by atoms with Crippen molar-refractivity contribution in [3.05, 3.63) is 28.3 Å². The quantitative estimate of drug-likeness (QED) is 0.610. The molecule has 1 aliphatic heterocycles. The molecule has 0 bridgehead atoms. The number of hydrogen-bond acceptors (Lipinski definition) is 4. The standard InChI is InChI=1S/C13H19ClN2O2/c1-17-4-3-12(16-15)8-10-7-11(14)6-9-2-5-18-13(9)10/h6-7,12,16H,2-5,8,15H2,1H3. The van der Waals surface area contributed by atoms with E-state index in [0.29, 0.717) is 6.61 Å². The van der Waals surface area contributed by atoms with Gasteiger partial charge in [-0.05, 0) is 36.1 Å². The molecule has 0 fully saturated rings. The monoisotopic (exact) mass is 270 g/mol. The Labute approximate surface area is 112 Å². The van der Waals surface area contributed by atoms with Gasteiger partial charge in [-0.1, -0.05) is 11.6 Å². The molecule has 0 saturated carbocycles. The summed E-state index contributed by atoms with van der Waals surface area (Å²) in [7, 11) is 1.69. The molecule has 1 aromatic carbocycles. The fourth-order valence-corrected chi connectivity index (χ4v) is 2.53. The minimum atomic E-state index is 0.164. The van der Waals surface area contributed by atoms with Crippen molar-refractivity contribution in [3.63, 3.8) is 0 Å². The van der Waals surface area contributed by atoms with Crippen LogP contribution in [-0.4, -0.2) is 26.4 Å². The Morgan fingerprint density at radius 3 is 3.11 bits per heavy atom. The topological polar surface area (TPSA) is 56.5 Å². The van der Waals surface area contributed by atoms with Crippen molar-refractivity contribution in [3.8, 4) is 5.75 Å². The molecule has 1 heterocycles. The van der Waals surface area contributed by atoms with Gasteiger partial charge < -0.3 is 9.47 Å². The van der Waals surface area contributed by atoms with Crippen LogP contribution in [0.3, 0.4) is 0 Å². The number of halogens is 1. The van der Waals surface area contributed by atoms with Crippen LogP contribution < -0.4 is 16.0 Å². The number of hydrazine groups is 1. The van der Waals surface area contributed by atoms with Crippen LogP contribution in [0.4, 0.5) is 0 Å². The molecule has 2 rings (SSSR count). The summed E-state index contributed by atoms with van der Waals surface area (Å²) in [6.45, 7) is 1.42. The molecule has 3 N–H and O–H groups in total. The third-order valence-electron chi connectivity index (χ3n) is 3.20. The van der Waals surface area contributed by atoms with Crippen molar-refractivity contribution in [1.29, 1.82) is 0 Å². The average Bonchev–Trinajstić information content (AvgIpc) is 2.82. The summed E-state index contributed by atoms with van der Waals surface area (Å²) in [5, 5.41) is 0.761. The van der Waals surface area contributed by atoms with Crippen LogP contribution in [0.15, 0.2) is 12.1 Å². The lowest BCUT2D eigenvalue weighted by atomic mass is 10.0. The van der Waals surface area contributed by atoms with Crippen molar-refractivity contribution in [1.82, 2.24) is 5.43 Å². The van der Waals surface area contributed by atoms with Gasteiger partial charge in [0.2, 0.25) is 0 Å². The van der Waals surface area contributed by atoms with Crippen molar-refractivity contribution >= 4 is 11.6 Å². The molecular weight excluding hydrogens is 252 g/mol. The second kappa shape index (κ2) is 6.38. The first-order chi connectivity index (χ1) is 8.74. The van der Waals surface area contributed by atoms with Gasteiger partial charge in [-0.2, -0.15) is 0 Å². The lowest BCUT2D eigenvalue weighted by molar-refractivity contribution is 0.182. The van der Waals surface area contributed by atoms with Gasteiger partial charge in [0.25, 0.3) is 0 Å². The van der Waals surface area contributed by atoms with Gasteiger partial charge in [-0.15, -0.1) is 0 Å². The maximum Gasteiger partial charge on any atom is 0.125 e. The van der Waals surface area contributed by atoms with E-state index in [9.17, 15) is 0 Å². The normalized spacial score (nSPS) is 15.3. The zero-order valence-electron chi connectivity index (χ0n) is 10.5. The minimum Gasteiger partial charge on any atom is -0.493 e. The van der Waals surface area contributed by atoms with Crippen LogP contribution in [0, 0.1) is 0 Å². The SMILES string of the molecule is COCCC(Cc1cc(Cl)cc2c1OCC2)NN. The molecular formula is C13H19ClN2O2. The Morgan fingerprint density at radius 1 is 1.56 bits per heavy atom. The van der Waals surface area contributed by atoms with Crippen LogP contribution >= 0.6 is 11.6 Å². The van der Waals surface area contributed by atoms with E-state index in [4.69, 9.17) is 26.9 Å². The van der Waals surface area contributed by atoms with Crippen molar-refractivity contribution in [2.75, 3.05) is 20.3 Å². The molecule has 4 nitrogen and oxygen atoms in total. The highest BCUT2D eigenvalue weighted by atomic mass is 35.5. The zero-order valence-corrected chi connectivity index (χ0v) is 11.3. The molecule has 1 atom stereocenters. The van der Waals surface area contributed by atoms with E-state index in [-0.39, 0.29) is 6.04 Å². The Bertz CT molecular complexity index is 412. The highest BCUT2D eigenvalue weighted by Gasteiger charge is 2.19. The van der Waals surface area contributed by atoms with E-state index >= 15 is 0 Å².